The number of hydrogen-bond donors (Lipinski definition) is 0. The highest BCUT2D eigenvalue weighted by Gasteiger charge is 2.59. The average Bonchev–Trinajstić information content (AvgIpc) is 3.42. The molecule has 0 amide bonds. The molecule has 2 aromatic rings. The standard InChI is InChI=1S/C25H22O4/c1-28-24(26)22-19(12-14-8-4-3-5-9-14)20-17-13-18(16-11-7-6-10-15(16)17)21(20)23(22)25(27)29-2/h3-12,17-18,20-21H,13H2,1-2H3/b19-12+/t17-,18+,20+,21+/m0/s1. The molecule has 1 saturated carbocycles. The monoisotopic (exact) mass is 386 g/mol. The molecule has 2 aromatic carbocycles. The summed E-state index contributed by atoms with van der Waals surface area (Å²) in [5.41, 5.74) is 5.41. The molecular weight excluding hydrogens is 364 g/mol. The number of hydrogen-bond acceptors (Lipinski definition) is 4. The smallest absolute Gasteiger partial charge is 0.338 e. The van der Waals surface area contributed by atoms with E-state index in [1.807, 2.05) is 42.5 Å². The zero-order valence-corrected chi connectivity index (χ0v) is 16.4. The molecule has 5 rings (SSSR count). The highest BCUT2D eigenvalue weighted by atomic mass is 16.5. The second-order valence-electron chi connectivity index (χ2n) is 7.91. The van der Waals surface area contributed by atoms with Crippen molar-refractivity contribution in [2.45, 2.75) is 18.3 Å². The Labute approximate surface area is 169 Å². The molecule has 0 N–H and O–H groups in total. The van der Waals surface area contributed by atoms with Crippen molar-refractivity contribution in [2.75, 3.05) is 14.2 Å². The van der Waals surface area contributed by atoms with Crippen LogP contribution in [0.3, 0.4) is 0 Å². The lowest BCUT2D eigenvalue weighted by Gasteiger charge is -2.29. The number of esters is 2. The highest BCUT2D eigenvalue weighted by molar-refractivity contribution is 6.07. The predicted molar refractivity (Wildman–Crippen MR) is 109 cm³/mol. The van der Waals surface area contributed by atoms with Crippen molar-refractivity contribution in [2.24, 2.45) is 11.8 Å². The summed E-state index contributed by atoms with van der Waals surface area (Å²) in [6, 6.07) is 18.4. The maximum absolute atomic E-state index is 12.9. The fraction of sp³-hybridized carbons (Fsp3) is 0.280. The number of carbonyl (C=O) groups is 2. The topological polar surface area (TPSA) is 52.6 Å². The van der Waals surface area contributed by atoms with Gasteiger partial charge in [-0.15, -0.1) is 0 Å². The van der Waals surface area contributed by atoms with E-state index in [0.29, 0.717) is 11.1 Å². The molecule has 0 aliphatic heterocycles. The maximum atomic E-state index is 12.9. The van der Waals surface area contributed by atoms with Gasteiger partial charge in [0.1, 0.15) is 0 Å². The van der Waals surface area contributed by atoms with Gasteiger partial charge >= 0.3 is 11.9 Å². The molecule has 146 valence electrons. The fourth-order valence-electron chi connectivity index (χ4n) is 5.75. The quantitative estimate of drug-likeness (QED) is 0.741. The van der Waals surface area contributed by atoms with Gasteiger partial charge in [0.25, 0.3) is 0 Å². The third kappa shape index (κ3) is 2.52. The summed E-state index contributed by atoms with van der Waals surface area (Å²) in [7, 11) is 2.74. The maximum Gasteiger partial charge on any atom is 0.338 e. The van der Waals surface area contributed by atoms with E-state index in [0.717, 1.165) is 17.6 Å². The molecule has 2 bridgehead atoms. The van der Waals surface area contributed by atoms with E-state index in [4.69, 9.17) is 9.47 Å². The van der Waals surface area contributed by atoms with Crippen LogP contribution in [0.5, 0.6) is 0 Å². The SMILES string of the molecule is COC(=O)C1=C(C(=O)OC)[C@H]2[C@@H](/C1=C\c1ccccc1)[C@H]1C[C@@H]2c2ccccc21. The minimum Gasteiger partial charge on any atom is -0.466 e. The third-order valence-electron chi connectivity index (χ3n) is 6.72. The molecule has 29 heavy (non-hydrogen) atoms. The van der Waals surface area contributed by atoms with Crippen LogP contribution in [0.1, 0.15) is 34.9 Å². The lowest BCUT2D eigenvalue weighted by molar-refractivity contribution is -0.139. The second kappa shape index (κ2) is 6.73. The van der Waals surface area contributed by atoms with Gasteiger partial charge < -0.3 is 9.47 Å². The number of rotatable bonds is 3. The lowest BCUT2D eigenvalue weighted by Crippen LogP contribution is -2.23. The van der Waals surface area contributed by atoms with Gasteiger partial charge in [0.15, 0.2) is 0 Å². The lowest BCUT2D eigenvalue weighted by atomic mass is 9.74. The van der Waals surface area contributed by atoms with E-state index in [2.05, 4.69) is 18.2 Å². The minimum absolute atomic E-state index is 0.0496. The molecule has 0 saturated heterocycles. The Bertz CT molecular complexity index is 1060. The van der Waals surface area contributed by atoms with E-state index in [1.54, 1.807) is 0 Å². The predicted octanol–water partition coefficient (Wildman–Crippen LogP) is 4.24. The number of methoxy groups -OCH3 is 2. The Hall–Kier alpha value is -3.14. The van der Waals surface area contributed by atoms with Crippen molar-refractivity contribution >= 4 is 18.0 Å². The largest absolute Gasteiger partial charge is 0.466 e. The first-order chi connectivity index (χ1) is 14.2. The Morgan fingerprint density at radius 2 is 1.41 bits per heavy atom. The molecule has 0 unspecified atom stereocenters. The molecule has 0 spiro atoms. The van der Waals surface area contributed by atoms with Crippen LogP contribution in [0.15, 0.2) is 71.3 Å². The van der Waals surface area contributed by atoms with Crippen LogP contribution in [-0.4, -0.2) is 26.2 Å². The number of fused-ring (bicyclic) bond motifs is 8. The summed E-state index contributed by atoms with van der Waals surface area (Å²) in [5, 5.41) is 0. The summed E-state index contributed by atoms with van der Waals surface area (Å²) in [6.45, 7) is 0. The van der Waals surface area contributed by atoms with Gasteiger partial charge in [-0.1, -0.05) is 60.7 Å². The van der Waals surface area contributed by atoms with E-state index in [-0.39, 0.29) is 23.7 Å². The molecule has 3 aliphatic carbocycles. The molecular formula is C25H22O4. The first kappa shape index (κ1) is 17.9. The van der Waals surface area contributed by atoms with Crippen LogP contribution in [0.2, 0.25) is 0 Å². The Kier molecular flexibility index (Phi) is 4.16. The van der Waals surface area contributed by atoms with Gasteiger partial charge in [0.05, 0.1) is 25.4 Å². The number of ether oxygens (including phenoxy) is 2. The molecule has 0 aromatic heterocycles. The molecule has 4 atom stereocenters. The first-order valence-corrected chi connectivity index (χ1v) is 9.92. The van der Waals surface area contributed by atoms with Gasteiger partial charge in [-0.3, -0.25) is 0 Å². The van der Waals surface area contributed by atoms with Crippen molar-refractivity contribution in [3.8, 4) is 0 Å². The van der Waals surface area contributed by atoms with Crippen molar-refractivity contribution in [3.05, 3.63) is 88.0 Å². The molecule has 4 nitrogen and oxygen atoms in total. The van der Waals surface area contributed by atoms with Crippen LogP contribution in [0.25, 0.3) is 6.08 Å². The Morgan fingerprint density at radius 1 is 0.828 bits per heavy atom. The zero-order chi connectivity index (χ0) is 20.1. The van der Waals surface area contributed by atoms with E-state index in [1.165, 1.54) is 25.3 Å². The van der Waals surface area contributed by atoms with E-state index >= 15 is 0 Å². The summed E-state index contributed by atoms with van der Waals surface area (Å²) in [6.07, 6.45) is 3.04. The normalized spacial score (nSPS) is 27.7. The van der Waals surface area contributed by atoms with E-state index < -0.39 is 11.9 Å². The molecule has 1 fully saturated rings. The Balaban J connectivity index is 1.75. The van der Waals surface area contributed by atoms with Gasteiger partial charge in [0, 0.05) is 5.92 Å². The van der Waals surface area contributed by atoms with Gasteiger partial charge in [-0.2, -0.15) is 0 Å². The third-order valence-corrected chi connectivity index (χ3v) is 6.72. The van der Waals surface area contributed by atoms with E-state index in [9.17, 15) is 9.59 Å². The number of carbonyl (C=O) groups excluding carboxylic acids is 2. The van der Waals surface area contributed by atoms with Crippen molar-refractivity contribution in [1.29, 1.82) is 0 Å². The first-order valence-electron chi connectivity index (χ1n) is 9.92. The van der Waals surface area contributed by atoms with Crippen LogP contribution in [0, 0.1) is 11.8 Å². The molecule has 3 aliphatic rings. The second-order valence-corrected chi connectivity index (χ2v) is 7.91. The van der Waals surface area contributed by atoms with Gasteiger partial charge in [0.2, 0.25) is 0 Å². The van der Waals surface area contributed by atoms with Crippen LogP contribution in [0.4, 0.5) is 0 Å². The van der Waals surface area contributed by atoms with Crippen LogP contribution >= 0.6 is 0 Å². The average molecular weight is 386 g/mol. The minimum atomic E-state index is -0.467. The van der Waals surface area contributed by atoms with Crippen LogP contribution < -0.4 is 0 Å². The summed E-state index contributed by atoms with van der Waals surface area (Å²) < 4.78 is 10.2. The summed E-state index contributed by atoms with van der Waals surface area (Å²) >= 11 is 0. The Morgan fingerprint density at radius 3 is 2.03 bits per heavy atom. The molecule has 4 heteroatoms. The fourth-order valence-corrected chi connectivity index (χ4v) is 5.75. The van der Waals surface area contributed by atoms with Crippen molar-refractivity contribution in [3.63, 3.8) is 0 Å². The number of benzene rings is 2. The van der Waals surface area contributed by atoms with Crippen molar-refractivity contribution in [1.82, 2.24) is 0 Å². The highest BCUT2D eigenvalue weighted by Crippen LogP contribution is 2.67. The van der Waals surface area contributed by atoms with Crippen molar-refractivity contribution < 1.29 is 19.1 Å². The summed E-state index contributed by atoms with van der Waals surface area (Å²) in [4.78, 5) is 25.7. The zero-order valence-electron chi connectivity index (χ0n) is 16.4. The summed E-state index contributed by atoms with van der Waals surface area (Å²) in [5.74, 6) is -0.355. The van der Waals surface area contributed by atoms with Crippen LogP contribution in [-0.2, 0) is 19.1 Å². The molecule has 0 heterocycles. The molecule has 0 radical (unpaired) electrons. The van der Waals surface area contributed by atoms with Gasteiger partial charge in [-0.05, 0) is 46.4 Å². The van der Waals surface area contributed by atoms with Gasteiger partial charge in [-0.25, -0.2) is 9.59 Å².